The van der Waals surface area contributed by atoms with Crippen LogP contribution in [-0.4, -0.2) is 95.7 Å². The van der Waals surface area contributed by atoms with Crippen LogP contribution in [0.2, 0.25) is 5.02 Å². The number of pyridine rings is 2. The number of alkyl halides is 9. The molecule has 1 aromatic carbocycles. The number of carboxylic acid groups (broad SMARTS) is 3. The Labute approximate surface area is 352 Å². The number of hydrogen-bond acceptors (Lipinski definition) is 13. The Morgan fingerprint density at radius 3 is 2.10 bits per heavy atom. The molecule has 1 amide bonds. The molecule has 7 rings (SSSR count). The Morgan fingerprint density at radius 2 is 1.48 bits per heavy atom. The molecule has 5 aromatic rings. The molecular formula is C36H31ClF9N9O8. The van der Waals surface area contributed by atoms with Crippen LogP contribution < -0.4 is 20.9 Å². The molecule has 2 aliphatic heterocycles. The molecule has 0 radical (unpaired) electrons. The number of carboxylic acids is 3. The fraction of sp³-hybridized carbons (Fsp3) is 0.306. The van der Waals surface area contributed by atoms with E-state index in [0.717, 1.165) is 59.5 Å². The summed E-state index contributed by atoms with van der Waals surface area (Å²) in [5, 5.41) is 31.4. The quantitative estimate of drug-likeness (QED) is 0.0942. The highest BCUT2D eigenvalue weighted by Crippen LogP contribution is 2.31. The normalized spacial score (nSPS) is 14.7. The zero-order valence-electron chi connectivity index (χ0n) is 31.6. The number of piperidine rings is 1. The van der Waals surface area contributed by atoms with Gasteiger partial charge in [-0.3, -0.25) is 9.78 Å². The lowest BCUT2D eigenvalue weighted by molar-refractivity contribution is -0.193. The van der Waals surface area contributed by atoms with E-state index in [1.54, 1.807) is 18.6 Å². The maximum atomic E-state index is 13.3. The van der Waals surface area contributed by atoms with Crippen molar-refractivity contribution in [1.29, 1.82) is 0 Å². The van der Waals surface area contributed by atoms with Gasteiger partial charge in [-0.2, -0.15) is 49.5 Å². The number of nitrogens with one attached hydrogen (secondary N) is 3. The van der Waals surface area contributed by atoms with Crippen molar-refractivity contribution >= 4 is 81.5 Å². The van der Waals surface area contributed by atoms with Crippen molar-refractivity contribution in [2.24, 2.45) is 5.92 Å². The maximum absolute atomic E-state index is 13.3. The van der Waals surface area contributed by atoms with Gasteiger partial charge in [-0.15, -0.1) is 0 Å². The van der Waals surface area contributed by atoms with Gasteiger partial charge in [0, 0.05) is 43.3 Å². The molecule has 0 spiro atoms. The number of carbonyl (C=O) groups is 4. The van der Waals surface area contributed by atoms with E-state index in [-0.39, 0.29) is 11.8 Å². The number of aliphatic carboxylic acids is 3. The molecule has 0 saturated carbocycles. The second kappa shape index (κ2) is 20.7. The monoisotopic (exact) mass is 923 g/mol. The number of rotatable bonds is 4. The lowest BCUT2D eigenvalue weighted by atomic mass is 9.94. The Kier molecular flexibility index (Phi) is 16.0. The summed E-state index contributed by atoms with van der Waals surface area (Å²) in [6.45, 7) is 1.54. The summed E-state index contributed by atoms with van der Waals surface area (Å²) >= 11 is 6.39. The smallest absolute Gasteiger partial charge is 0.475 e. The third-order valence-corrected chi connectivity index (χ3v) is 8.54. The Bertz CT molecular complexity index is 2330. The van der Waals surface area contributed by atoms with Crippen LogP contribution in [0.3, 0.4) is 0 Å². The Hall–Kier alpha value is -6.99. The minimum atomic E-state index is -5.08. The first-order valence-electron chi connectivity index (χ1n) is 17.7. The van der Waals surface area contributed by atoms with Crippen molar-refractivity contribution in [3.8, 4) is 0 Å². The number of amides is 1. The molecule has 1 atom stereocenters. The maximum Gasteiger partial charge on any atom is 0.490 e. The van der Waals surface area contributed by atoms with E-state index < -0.39 is 36.4 Å². The summed E-state index contributed by atoms with van der Waals surface area (Å²) in [7, 11) is 0. The van der Waals surface area contributed by atoms with Crippen molar-refractivity contribution in [3.05, 3.63) is 77.3 Å². The average Bonchev–Trinajstić information content (AvgIpc) is 3.64. The fourth-order valence-electron chi connectivity index (χ4n) is 5.52. The molecule has 338 valence electrons. The first-order chi connectivity index (χ1) is 29.4. The van der Waals surface area contributed by atoms with Gasteiger partial charge in [-0.05, 0) is 79.1 Å². The number of fused-ring (bicyclic) bond motifs is 7. The molecule has 0 aliphatic carbocycles. The Balaban J connectivity index is 0.000000344. The standard InChI is InChI=1S/C30H28ClN9O2.3C2HF3O2/c31-23-16-34-29-36-22-11-18(14-32-15-22)5-6-20-13-21(35-27(23)39-29)7-8-24(20)37-26(41)12-19-3-2-10-40(17-19)30-38-25-4-1-9-33-28(25)42-30;3*3-2(4,5)1(6)7/h1,4,7-9,11,13-16,19H,2-3,5-6,10,12,17H2,(H,37,41)(H2,34,35,36,39);3*(H,6,7)/t19-;;;/m1.../s1. The van der Waals surface area contributed by atoms with Crippen LogP contribution in [-0.2, 0) is 32.0 Å². The number of oxazole rings is 1. The number of nitrogens with zero attached hydrogens (tertiary/aromatic N) is 6. The highest BCUT2D eigenvalue weighted by atomic mass is 35.5. The molecule has 1 fully saturated rings. The van der Waals surface area contributed by atoms with E-state index in [2.05, 4.69) is 45.8 Å². The summed E-state index contributed by atoms with van der Waals surface area (Å²) < 4.78 is 101. The van der Waals surface area contributed by atoms with Gasteiger partial charge in [0.2, 0.25) is 17.6 Å². The Morgan fingerprint density at radius 1 is 0.825 bits per heavy atom. The zero-order chi connectivity index (χ0) is 46.7. The second-order valence-corrected chi connectivity index (χ2v) is 13.4. The molecule has 27 heteroatoms. The van der Waals surface area contributed by atoms with E-state index in [1.165, 1.54) is 0 Å². The molecule has 17 nitrogen and oxygen atoms in total. The van der Waals surface area contributed by atoms with Crippen LogP contribution in [0.25, 0.3) is 11.2 Å². The first kappa shape index (κ1) is 48.7. The molecule has 2 aliphatic rings. The average molecular weight is 924 g/mol. The van der Waals surface area contributed by atoms with E-state index in [9.17, 15) is 44.3 Å². The molecular weight excluding hydrogens is 893 g/mol. The van der Waals surface area contributed by atoms with Crippen LogP contribution in [0.1, 0.15) is 30.4 Å². The number of halogens is 10. The van der Waals surface area contributed by atoms with Crippen LogP contribution in [0, 0.1) is 5.92 Å². The summed E-state index contributed by atoms with van der Waals surface area (Å²) in [5.74, 6) is -7.21. The van der Waals surface area contributed by atoms with E-state index in [1.807, 2.05) is 42.6 Å². The second-order valence-electron chi connectivity index (χ2n) is 13.0. The number of aryl methyl sites for hydroxylation is 2. The molecule has 6 bridgehead atoms. The highest BCUT2D eigenvalue weighted by molar-refractivity contribution is 6.32. The van der Waals surface area contributed by atoms with E-state index >= 15 is 0 Å². The van der Waals surface area contributed by atoms with Gasteiger partial charge in [0.1, 0.15) is 10.5 Å². The first-order valence-corrected chi connectivity index (χ1v) is 18.1. The summed E-state index contributed by atoms with van der Waals surface area (Å²) in [4.78, 5) is 64.2. The fourth-order valence-corrected chi connectivity index (χ4v) is 5.65. The predicted octanol–water partition coefficient (Wildman–Crippen LogP) is 7.79. The molecule has 0 unspecified atom stereocenters. The van der Waals surface area contributed by atoms with Crippen molar-refractivity contribution in [2.75, 3.05) is 33.9 Å². The van der Waals surface area contributed by atoms with Crippen molar-refractivity contribution < 1.29 is 78.4 Å². The summed E-state index contributed by atoms with van der Waals surface area (Å²) in [5.41, 5.74) is 5.71. The summed E-state index contributed by atoms with van der Waals surface area (Å²) in [6.07, 6.45) is -4.64. The van der Waals surface area contributed by atoms with Crippen molar-refractivity contribution in [2.45, 2.75) is 50.6 Å². The van der Waals surface area contributed by atoms with Gasteiger partial charge >= 0.3 is 36.4 Å². The number of hydrogen-bond donors (Lipinski definition) is 6. The minimum Gasteiger partial charge on any atom is -0.475 e. The molecule has 1 saturated heterocycles. The van der Waals surface area contributed by atoms with Crippen LogP contribution in [0.5, 0.6) is 0 Å². The predicted molar refractivity (Wildman–Crippen MR) is 203 cm³/mol. The lowest BCUT2D eigenvalue weighted by Gasteiger charge is -2.31. The molecule has 63 heavy (non-hydrogen) atoms. The van der Waals surface area contributed by atoms with Gasteiger partial charge < -0.3 is 40.6 Å². The molecule has 4 aromatic heterocycles. The van der Waals surface area contributed by atoms with E-state index in [0.29, 0.717) is 47.9 Å². The topological polar surface area (TPSA) is 246 Å². The van der Waals surface area contributed by atoms with Gasteiger partial charge in [0.05, 0.1) is 18.1 Å². The number of anilines is 6. The number of aromatic nitrogens is 5. The van der Waals surface area contributed by atoms with E-state index in [4.69, 9.17) is 45.7 Å². The highest BCUT2D eigenvalue weighted by Gasteiger charge is 2.39. The van der Waals surface area contributed by atoms with Gasteiger partial charge in [0.15, 0.2) is 5.82 Å². The van der Waals surface area contributed by atoms with Crippen molar-refractivity contribution in [1.82, 2.24) is 24.9 Å². The van der Waals surface area contributed by atoms with Crippen molar-refractivity contribution in [3.63, 3.8) is 0 Å². The lowest BCUT2D eigenvalue weighted by Crippen LogP contribution is -2.37. The van der Waals surface area contributed by atoms with Gasteiger partial charge in [0.25, 0.3) is 6.01 Å². The third kappa shape index (κ3) is 15.2. The van der Waals surface area contributed by atoms with Crippen LogP contribution >= 0.6 is 11.6 Å². The molecule has 6 heterocycles. The molecule has 6 N–H and O–H groups in total. The number of carbonyl (C=O) groups excluding carboxylic acids is 1. The SMILES string of the molecule is O=C(C[C@H]1CCCN(c2nc3cccnc3o2)C1)Nc1ccc2cc1CCc1cncc(c1)Nc1ncc(Cl)c(n1)N2.O=C(O)C(F)(F)F.O=C(O)C(F)(F)F.O=C(O)C(F)(F)F. The zero-order valence-corrected chi connectivity index (χ0v) is 32.4. The third-order valence-electron chi connectivity index (χ3n) is 8.27. The van der Waals surface area contributed by atoms with Crippen LogP contribution in [0.4, 0.5) is 74.4 Å². The number of benzene rings is 1. The van der Waals surface area contributed by atoms with Crippen LogP contribution in [0.15, 0.2) is 65.6 Å². The largest absolute Gasteiger partial charge is 0.490 e. The minimum absolute atomic E-state index is 0.0164. The summed E-state index contributed by atoms with van der Waals surface area (Å²) in [6, 6.07) is 12.2. The van der Waals surface area contributed by atoms with Gasteiger partial charge in [-0.1, -0.05) is 11.6 Å². The van der Waals surface area contributed by atoms with Gasteiger partial charge in [-0.25, -0.2) is 24.4 Å².